The second kappa shape index (κ2) is 8.50. The van der Waals surface area contributed by atoms with Gasteiger partial charge in [-0.3, -0.25) is 14.6 Å². The van der Waals surface area contributed by atoms with Gasteiger partial charge in [-0.2, -0.15) is 0 Å². The standard InChI is InChI=1S/C13H17ClN2O4/c1-3-20-12(17)9-16(6-7-19-2)13(18)10-8-15-5-4-11(10)14/h4-5,8H,3,6-7,9H2,1-2H3. The fourth-order valence-corrected chi connectivity index (χ4v) is 1.71. The largest absolute Gasteiger partial charge is 0.465 e. The summed E-state index contributed by atoms with van der Waals surface area (Å²) in [6.45, 7) is 2.39. The number of nitrogens with zero attached hydrogens (tertiary/aromatic N) is 2. The Hall–Kier alpha value is -1.66. The van der Waals surface area contributed by atoms with Gasteiger partial charge >= 0.3 is 5.97 Å². The minimum Gasteiger partial charge on any atom is -0.465 e. The Morgan fingerprint density at radius 1 is 1.45 bits per heavy atom. The molecule has 20 heavy (non-hydrogen) atoms. The lowest BCUT2D eigenvalue weighted by Gasteiger charge is -2.21. The summed E-state index contributed by atoms with van der Waals surface area (Å²) >= 11 is 5.96. The third kappa shape index (κ3) is 4.79. The molecule has 0 aromatic carbocycles. The Morgan fingerprint density at radius 3 is 2.80 bits per heavy atom. The van der Waals surface area contributed by atoms with Crippen LogP contribution in [0.1, 0.15) is 17.3 Å². The minimum absolute atomic E-state index is 0.152. The van der Waals surface area contributed by atoms with Crippen LogP contribution in [0.5, 0.6) is 0 Å². The summed E-state index contributed by atoms with van der Waals surface area (Å²) in [5, 5.41) is 0.288. The number of halogens is 1. The van der Waals surface area contributed by atoms with E-state index in [1.165, 1.54) is 30.5 Å². The molecule has 0 unspecified atom stereocenters. The van der Waals surface area contributed by atoms with Gasteiger partial charge in [0.15, 0.2) is 0 Å². The molecule has 0 saturated carbocycles. The van der Waals surface area contributed by atoms with E-state index in [2.05, 4.69) is 4.98 Å². The van der Waals surface area contributed by atoms with E-state index in [0.717, 1.165) is 0 Å². The predicted octanol–water partition coefficient (Wildman–Crippen LogP) is 1.39. The molecule has 0 N–H and O–H groups in total. The fourth-order valence-electron chi connectivity index (χ4n) is 1.52. The number of amides is 1. The number of hydrogen-bond donors (Lipinski definition) is 0. The zero-order chi connectivity index (χ0) is 15.0. The van der Waals surface area contributed by atoms with Crippen molar-refractivity contribution in [2.45, 2.75) is 6.92 Å². The molecule has 1 aromatic rings. The molecule has 0 aliphatic heterocycles. The first-order chi connectivity index (χ1) is 9.60. The number of aromatic nitrogens is 1. The molecule has 0 aliphatic rings. The Labute approximate surface area is 122 Å². The molecule has 1 heterocycles. The Balaban J connectivity index is 2.84. The van der Waals surface area contributed by atoms with Crippen molar-refractivity contribution in [3.63, 3.8) is 0 Å². The Kier molecular flexibility index (Phi) is 6.97. The molecular formula is C13H17ClN2O4. The quantitative estimate of drug-likeness (QED) is 0.712. The van der Waals surface area contributed by atoms with Crippen LogP contribution in [0.3, 0.4) is 0 Å². The number of carbonyl (C=O) groups is 2. The molecule has 1 amide bonds. The summed E-state index contributed by atoms with van der Waals surface area (Å²) in [5.74, 6) is -0.856. The second-order valence-electron chi connectivity index (χ2n) is 3.88. The maximum absolute atomic E-state index is 12.3. The van der Waals surface area contributed by atoms with Crippen LogP contribution in [0.25, 0.3) is 0 Å². The highest BCUT2D eigenvalue weighted by Gasteiger charge is 2.21. The summed E-state index contributed by atoms with van der Waals surface area (Å²) in [4.78, 5) is 29.1. The van der Waals surface area contributed by atoms with E-state index in [0.29, 0.717) is 6.61 Å². The Morgan fingerprint density at radius 2 is 2.20 bits per heavy atom. The van der Waals surface area contributed by atoms with E-state index >= 15 is 0 Å². The number of esters is 1. The number of ether oxygens (including phenoxy) is 2. The lowest BCUT2D eigenvalue weighted by atomic mass is 10.2. The maximum Gasteiger partial charge on any atom is 0.325 e. The van der Waals surface area contributed by atoms with Crippen LogP contribution in [0.4, 0.5) is 0 Å². The second-order valence-corrected chi connectivity index (χ2v) is 4.29. The van der Waals surface area contributed by atoms with E-state index in [4.69, 9.17) is 21.1 Å². The van der Waals surface area contributed by atoms with Gasteiger partial charge in [0.25, 0.3) is 5.91 Å². The highest BCUT2D eigenvalue weighted by atomic mass is 35.5. The highest BCUT2D eigenvalue weighted by Crippen LogP contribution is 2.15. The molecule has 0 bridgehead atoms. The summed E-state index contributed by atoms with van der Waals surface area (Å²) in [6, 6.07) is 1.52. The van der Waals surface area contributed by atoms with Crippen LogP contribution >= 0.6 is 11.6 Å². The number of rotatable bonds is 7. The number of carbonyl (C=O) groups excluding carboxylic acids is 2. The molecule has 1 rings (SSSR count). The number of methoxy groups -OCH3 is 1. The van der Waals surface area contributed by atoms with Crippen molar-refractivity contribution in [2.24, 2.45) is 0 Å². The van der Waals surface area contributed by atoms with Crippen molar-refractivity contribution in [2.75, 3.05) is 33.4 Å². The van der Waals surface area contributed by atoms with E-state index in [1.54, 1.807) is 6.92 Å². The fraction of sp³-hybridized carbons (Fsp3) is 0.462. The average Bonchev–Trinajstić information content (AvgIpc) is 2.43. The van der Waals surface area contributed by atoms with Crippen molar-refractivity contribution >= 4 is 23.5 Å². The first-order valence-corrected chi connectivity index (χ1v) is 6.51. The topological polar surface area (TPSA) is 68.7 Å². The lowest BCUT2D eigenvalue weighted by Crippen LogP contribution is -2.38. The third-order valence-corrected chi connectivity index (χ3v) is 2.81. The van der Waals surface area contributed by atoms with Crippen molar-refractivity contribution in [3.8, 4) is 0 Å². The van der Waals surface area contributed by atoms with Crippen molar-refractivity contribution < 1.29 is 19.1 Å². The van der Waals surface area contributed by atoms with Gasteiger partial charge in [-0.05, 0) is 13.0 Å². The van der Waals surface area contributed by atoms with Crippen LogP contribution < -0.4 is 0 Å². The van der Waals surface area contributed by atoms with Gasteiger partial charge in [0.2, 0.25) is 0 Å². The molecule has 6 nitrogen and oxygen atoms in total. The maximum atomic E-state index is 12.3. The summed E-state index contributed by atoms with van der Waals surface area (Å²) < 4.78 is 9.78. The molecule has 7 heteroatoms. The van der Waals surface area contributed by atoms with Crippen LogP contribution in [-0.4, -0.2) is 55.2 Å². The summed E-state index contributed by atoms with van der Waals surface area (Å²) in [5.41, 5.74) is 0.245. The van der Waals surface area contributed by atoms with Gasteiger partial charge < -0.3 is 14.4 Å². The van der Waals surface area contributed by atoms with Crippen LogP contribution in [0.2, 0.25) is 5.02 Å². The molecule has 0 fully saturated rings. The predicted molar refractivity (Wildman–Crippen MR) is 73.7 cm³/mol. The molecule has 0 radical (unpaired) electrons. The monoisotopic (exact) mass is 300 g/mol. The molecule has 0 aliphatic carbocycles. The van der Waals surface area contributed by atoms with Crippen LogP contribution in [0.15, 0.2) is 18.5 Å². The lowest BCUT2D eigenvalue weighted by molar-refractivity contribution is -0.143. The third-order valence-electron chi connectivity index (χ3n) is 2.48. The van der Waals surface area contributed by atoms with E-state index in [9.17, 15) is 9.59 Å². The molecule has 0 atom stereocenters. The van der Waals surface area contributed by atoms with Crippen molar-refractivity contribution in [1.29, 1.82) is 0 Å². The zero-order valence-electron chi connectivity index (χ0n) is 11.5. The molecule has 110 valence electrons. The van der Waals surface area contributed by atoms with Crippen molar-refractivity contribution in [1.82, 2.24) is 9.88 Å². The summed E-state index contributed by atoms with van der Waals surface area (Å²) in [6.07, 6.45) is 2.86. The van der Waals surface area contributed by atoms with E-state index < -0.39 is 5.97 Å². The van der Waals surface area contributed by atoms with Crippen LogP contribution in [-0.2, 0) is 14.3 Å². The molecular weight excluding hydrogens is 284 g/mol. The SMILES string of the molecule is CCOC(=O)CN(CCOC)C(=O)c1cnccc1Cl. The zero-order valence-corrected chi connectivity index (χ0v) is 12.2. The smallest absolute Gasteiger partial charge is 0.325 e. The Bertz CT molecular complexity index is 467. The van der Waals surface area contributed by atoms with Gasteiger partial charge in [-0.15, -0.1) is 0 Å². The van der Waals surface area contributed by atoms with Gasteiger partial charge in [-0.1, -0.05) is 11.6 Å². The van der Waals surface area contributed by atoms with E-state index in [-0.39, 0.29) is 36.2 Å². The van der Waals surface area contributed by atoms with Gasteiger partial charge in [-0.25, -0.2) is 0 Å². The summed E-state index contributed by atoms with van der Waals surface area (Å²) in [7, 11) is 1.52. The highest BCUT2D eigenvalue weighted by molar-refractivity contribution is 6.33. The normalized spacial score (nSPS) is 10.2. The van der Waals surface area contributed by atoms with Gasteiger partial charge in [0, 0.05) is 26.0 Å². The molecule has 0 spiro atoms. The number of hydrogen-bond acceptors (Lipinski definition) is 5. The van der Waals surface area contributed by atoms with Gasteiger partial charge in [0.1, 0.15) is 6.54 Å². The minimum atomic E-state index is -0.475. The first kappa shape index (κ1) is 16.4. The first-order valence-electron chi connectivity index (χ1n) is 6.13. The molecule has 0 saturated heterocycles. The average molecular weight is 301 g/mol. The number of pyridine rings is 1. The van der Waals surface area contributed by atoms with Crippen LogP contribution in [0, 0.1) is 0 Å². The van der Waals surface area contributed by atoms with Gasteiger partial charge in [0.05, 0.1) is 23.8 Å². The molecule has 1 aromatic heterocycles. The van der Waals surface area contributed by atoms with E-state index in [1.807, 2.05) is 0 Å². The van der Waals surface area contributed by atoms with Crippen molar-refractivity contribution in [3.05, 3.63) is 29.0 Å².